The van der Waals surface area contributed by atoms with Crippen molar-refractivity contribution in [2.75, 3.05) is 13.7 Å². The third kappa shape index (κ3) is 2.87. The number of halogens is 1. The highest BCUT2D eigenvalue weighted by Gasteiger charge is 2.62. The van der Waals surface area contributed by atoms with Crippen molar-refractivity contribution in [3.63, 3.8) is 0 Å². The number of likely N-dealkylation sites (N-methyl/N-ethyl adjacent to an activating group) is 1. The Morgan fingerprint density at radius 2 is 1.91 bits per heavy atom. The number of benzene rings is 1. The van der Waals surface area contributed by atoms with Crippen LogP contribution in [-0.2, 0) is 14.3 Å². The number of aliphatic hydroxyl groups is 1. The first-order valence-electron chi connectivity index (χ1n) is 7.92. The van der Waals surface area contributed by atoms with Crippen molar-refractivity contribution in [1.29, 1.82) is 0 Å². The van der Waals surface area contributed by atoms with Gasteiger partial charge in [0.2, 0.25) is 0 Å². The molecular formula is C17H22ClNO4. The van der Waals surface area contributed by atoms with Crippen molar-refractivity contribution in [3.8, 4) is 0 Å². The van der Waals surface area contributed by atoms with Crippen LogP contribution in [0, 0.1) is 0 Å². The maximum Gasteiger partial charge on any atom is 0.316 e. The van der Waals surface area contributed by atoms with E-state index in [2.05, 4.69) is 11.9 Å². The van der Waals surface area contributed by atoms with Crippen molar-refractivity contribution < 1.29 is 19.4 Å². The fraction of sp³-hybridized carbons (Fsp3) is 0.588. The summed E-state index contributed by atoms with van der Waals surface area (Å²) in [7, 11) is 2.13. The van der Waals surface area contributed by atoms with E-state index in [-0.39, 0.29) is 31.1 Å². The summed E-state index contributed by atoms with van der Waals surface area (Å²) in [5, 5.41) is 9.56. The van der Waals surface area contributed by atoms with Gasteiger partial charge in [0.05, 0.1) is 6.61 Å². The number of ether oxygens (including phenoxy) is 2. The summed E-state index contributed by atoms with van der Waals surface area (Å²) in [5.74, 6) is -0.915. The normalized spacial score (nSPS) is 35.8. The fourth-order valence-electron chi connectivity index (χ4n) is 4.04. The molecule has 4 unspecified atom stereocenters. The second-order valence-corrected chi connectivity index (χ2v) is 6.54. The molecular weight excluding hydrogens is 318 g/mol. The minimum Gasteiger partial charge on any atom is -0.462 e. The number of piperidine rings is 1. The number of epoxide rings is 1. The van der Waals surface area contributed by atoms with Crippen LogP contribution in [0.5, 0.6) is 0 Å². The van der Waals surface area contributed by atoms with Gasteiger partial charge in [-0.15, -0.1) is 12.4 Å². The van der Waals surface area contributed by atoms with Crippen LogP contribution in [0.3, 0.4) is 0 Å². The number of nitrogens with zero attached hydrogens (tertiary/aromatic N) is 1. The van der Waals surface area contributed by atoms with Gasteiger partial charge in [0, 0.05) is 24.9 Å². The van der Waals surface area contributed by atoms with Crippen LogP contribution in [0.1, 0.15) is 24.3 Å². The van der Waals surface area contributed by atoms with E-state index in [0.717, 1.165) is 18.4 Å². The molecule has 3 aliphatic heterocycles. The Morgan fingerprint density at radius 3 is 2.48 bits per heavy atom. The summed E-state index contributed by atoms with van der Waals surface area (Å²) in [5.41, 5.74) is 0.803. The maximum atomic E-state index is 12.4. The van der Waals surface area contributed by atoms with E-state index in [0.29, 0.717) is 24.3 Å². The highest BCUT2D eigenvalue weighted by atomic mass is 35.5. The van der Waals surface area contributed by atoms with Gasteiger partial charge in [-0.25, -0.2) is 0 Å². The molecule has 3 saturated heterocycles. The third-order valence-corrected chi connectivity index (χ3v) is 5.33. The van der Waals surface area contributed by atoms with Crippen LogP contribution >= 0.6 is 12.4 Å². The summed E-state index contributed by atoms with van der Waals surface area (Å²) in [6.45, 7) is -0.226. The summed E-state index contributed by atoms with van der Waals surface area (Å²) in [6.07, 6.45) is 2.26. The zero-order valence-corrected chi connectivity index (χ0v) is 13.8. The lowest BCUT2D eigenvalue weighted by molar-refractivity contribution is -0.156. The number of hydrogen-bond donors (Lipinski definition) is 1. The molecule has 1 aromatic carbocycles. The molecule has 0 spiro atoms. The van der Waals surface area contributed by atoms with Crippen molar-refractivity contribution in [2.45, 2.75) is 49.2 Å². The standard InChI is InChI=1S/C17H21NO4.ClH/c1-18-13-7-11(8-14(18)16-15(13)22-16)21-17(20)12(9-19)10-5-3-2-4-6-10;/h2-6,11-16,19H,7-9H2,1H3;1H/t11?,12-,13?,14?,15?,16?;/m1./s1. The van der Waals surface area contributed by atoms with E-state index < -0.39 is 5.92 Å². The molecule has 0 saturated carbocycles. The Kier molecular flexibility index (Phi) is 4.65. The molecule has 5 nitrogen and oxygen atoms in total. The van der Waals surface area contributed by atoms with Crippen molar-refractivity contribution in [2.24, 2.45) is 0 Å². The van der Waals surface area contributed by atoms with E-state index in [4.69, 9.17) is 9.47 Å². The molecule has 1 N–H and O–H groups in total. The minimum atomic E-state index is -0.593. The van der Waals surface area contributed by atoms with Gasteiger partial charge in [0.15, 0.2) is 0 Å². The zero-order valence-electron chi connectivity index (χ0n) is 13.0. The maximum absolute atomic E-state index is 12.4. The number of fused-ring (bicyclic) bond motifs is 5. The Labute approximate surface area is 142 Å². The molecule has 23 heavy (non-hydrogen) atoms. The topological polar surface area (TPSA) is 62.3 Å². The van der Waals surface area contributed by atoms with Gasteiger partial charge in [-0.2, -0.15) is 0 Å². The SMILES string of the molecule is CN1C2CC(OC(=O)[C@H](CO)c3ccccc3)CC1C1OC12.Cl. The Morgan fingerprint density at radius 1 is 1.30 bits per heavy atom. The van der Waals surface area contributed by atoms with Crippen LogP contribution in [0.4, 0.5) is 0 Å². The van der Waals surface area contributed by atoms with Crippen molar-refractivity contribution in [1.82, 2.24) is 4.90 Å². The van der Waals surface area contributed by atoms with Crippen LogP contribution in [-0.4, -0.2) is 60.0 Å². The quantitative estimate of drug-likeness (QED) is 0.662. The molecule has 3 aliphatic rings. The number of rotatable bonds is 4. The van der Waals surface area contributed by atoms with Crippen LogP contribution < -0.4 is 0 Å². The molecule has 126 valence electrons. The monoisotopic (exact) mass is 339 g/mol. The summed E-state index contributed by atoms with van der Waals surface area (Å²) in [6, 6.07) is 10.1. The van der Waals surface area contributed by atoms with Crippen LogP contribution in [0.25, 0.3) is 0 Å². The molecule has 3 fully saturated rings. The number of hydrogen-bond acceptors (Lipinski definition) is 5. The Bertz CT molecular complexity index is 551. The molecule has 0 aromatic heterocycles. The van der Waals surface area contributed by atoms with Crippen LogP contribution in [0.15, 0.2) is 30.3 Å². The number of carbonyl (C=O) groups excluding carboxylic acids is 1. The third-order valence-electron chi connectivity index (χ3n) is 5.33. The smallest absolute Gasteiger partial charge is 0.316 e. The lowest BCUT2D eigenvalue weighted by Gasteiger charge is -2.38. The van der Waals surface area contributed by atoms with E-state index in [1.54, 1.807) is 0 Å². The molecule has 2 bridgehead atoms. The fourth-order valence-corrected chi connectivity index (χ4v) is 4.04. The minimum absolute atomic E-state index is 0. The number of aliphatic hydroxyl groups excluding tert-OH is 1. The number of carbonyl (C=O) groups is 1. The largest absolute Gasteiger partial charge is 0.462 e. The van der Waals surface area contributed by atoms with Gasteiger partial charge in [0.25, 0.3) is 0 Å². The van der Waals surface area contributed by atoms with E-state index >= 15 is 0 Å². The van der Waals surface area contributed by atoms with Gasteiger partial charge in [-0.1, -0.05) is 30.3 Å². The summed E-state index contributed by atoms with van der Waals surface area (Å²) >= 11 is 0. The van der Waals surface area contributed by atoms with Gasteiger partial charge < -0.3 is 14.6 Å². The molecule has 4 rings (SSSR count). The molecule has 5 atom stereocenters. The van der Waals surface area contributed by atoms with Gasteiger partial charge in [-0.05, 0) is 12.6 Å². The van der Waals surface area contributed by atoms with Crippen molar-refractivity contribution in [3.05, 3.63) is 35.9 Å². The predicted octanol–water partition coefficient (Wildman–Crippen LogP) is 1.34. The van der Waals surface area contributed by atoms with Crippen LogP contribution in [0.2, 0.25) is 0 Å². The number of morpholine rings is 1. The zero-order chi connectivity index (χ0) is 15.3. The second kappa shape index (κ2) is 6.40. The summed E-state index contributed by atoms with van der Waals surface area (Å²) < 4.78 is 11.4. The molecule has 0 aliphatic carbocycles. The lowest BCUT2D eigenvalue weighted by Crippen LogP contribution is -2.48. The van der Waals surface area contributed by atoms with Gasteiger partial charge >= 0.3 is 5.97 Å². The lowest BCUT2D eigenvalue weighted by atomic mass is 9.97. The Balaban J connectivity index is 0.00000156. The first-order valence-corrected chi connectivity index (χ1v) is 7.92. The Hall–Kier alpha value is -1.14. The first-order chi connectivity index (χ1) is 10.7. The highest BCUT2D eigenvalue weighted by Crippen LogP contribution is 2.48. The van der Waals surface area contributed by atoms with E-state index in [1.165, 1.54) is 0 Å². The average Bonchev–Trinajstić information content (AvgIpc) is 3.27. The molecule has 0 radical (unpaired) electrons. The average molecular weight is 340 g/mol. The van der Waals surface area contributed by atoms with E-state index in [9.17, 15) is 9.90 Å². The molecule has 0 amide bonds. The first kappa shape index (κ1) is 16.7. The highest BCUT2D eigenvalue weighted by molar-refractivity contribution is 5.85. The van der Waals surface area contributed by atoms with E-state index in [1.807, 2.05) is 30.3 Å². The molecule has 1 aromatic rings. The van der Waals surface area contributed by atoms with Crippen molar-refractivity contribution >= 4 is 18.4 Å². The predicted molar refractivity (Wildman–Crippen MR) is 86.6 cm³/mol. The van der Waals surface area contributed by atoms with Gasteiger partial charge in [0.1, 0.15) is 24.2 Å². The second-order valence-electron chi connectivity index (χ2n) is 6.54. The van der Waals surface area contributed by atoms with Gasteiger partial charge in [-0.3, -0.25) is 9.69 Å². The number of esters is 1. The molecule has 6 heteroatoms. The molecule has 3 heterocycles. The summed E-state index contributed by atoms with van der Waals surface area (Å²) in [4.78, 5) is 14.8.